The van der Waals surface area contributed by atoms with Crippen molar-refractivity contribution < 1.29 is 14.0 Å². The van der Waals surface area contributed by atoms with Gasteiger partial charge in [0, 0.05) is 16.9 Å². The first-order chi connectivity index (χ1) is 5.33. The zero-order chi connectivity index (χ0) is 8.10. The minimum absolute atomic E-state index is 0.275. The summed E-state index contributed by atoms with van der Waals surface area (Å²) in [6.07, 6.45) is 4.62. The number of rotatable bonds is 3. The third kappa shape index (κ3) is 2.37. The second-order valence-electron chi connectivity index (χ2n) is 1.96. The van der Waals surface area contributed by atoms with E-state index in [0.29, 0.717) is 6.61 Å². The largest absolute Gasteiger partial charge is 0.267 e. The van der Waals surface area contributed by atoms with E-state index in [4.69, 9.17) is 4.84 Å². The van der Waals surface area contributed by atoms with Crippen molar-refractivity contribution in [2.24, 2.45) is 0 Å². The molecule has 0 radical (unpaired) electrons. The Bertz CT molecular complexity index is 232. The molecule has 0 spiro atoms. The summed E-state index contributed by atoms with van der Waals surface area (Å²) in [7, 11) is 0. The molecule has 0 fully saturated rings. The van der Waals surface area contributed by atoms with Crippen LogP contribution in [-0.2, 0) is 0 Å². The molecule has 0 amide bonds. The van der Waals surface area contributed by atoms with E-state index in [1.165, 1.54) is 29.3 Å². The SMILES string of the molecule is C=CCO[n+]1ccc(F)cc1. The fourth-order valence-electron chi connectivity index (χ4n) is 0.619. The summed E-state index contributed by atoms with van der Waals surface area (Å²) in [6, 6.07) is 2.65. The van der Waals surface area contributed by atoms with Crippen molar-refractivity contribution in [2.75, 3.05) is 6.61 Å². The highest BCUT2D eigenvalue weighted by Crippen LogP contribution is 1.88. The number of hydrogen-bond donors (Lipinski definition) is 0. The van der Waals surface area contributed by atoms with Gasteiger partial charge in [-0.2, -0.15) is 0 Å². The van der Waals surface area contributed by atoms with Crippen LogP contribution in [0.25, 0.3) is 0 Å². The zero-order valence-electron chi connectivity index (χ0n) is 6.03. The van der Waals surface area contributed by atoms with E-state index in [-0.39, 0.29) is 5.82 Å². The Morgan fingerprint density at radius 2 is 2.18 bits per heavy atom. The maximum atomic E-state index is 12.3. The van der Waals surface area contributed by atoms with E-state index in [2.05, 4.69) is 6.58 Å². The normalized spacial score (nSPS) is 9.18. The molecule has 0 aliphatic carbocycles. The van der Waals surface area contributed by atoms with Crippen molar-refractivity contribution >= 4 is 0 Å². The molecule has 1 aromatic rings. The first-order valence-corrected chi connectivity index (χ1v) is 3.24. The molecule has 0 aliphatic rings. The van der Waals surface area contributed by atoms with Gasteiger partial charge in [0.25, 0.3) is 0 Å². The lowest BCUT2D eigenvalue weighted by atomic mass is 10.5. The lowest BCUT2D eigenvalue weighted by Gasteiger charge is -1.91. The van der Waals surface area contributed by atoms with Gasteiger partial charge in [0.1, 0.15) is 5.82 Å². The van der Waals surface area contributed by atoms with Crippen molar-refractivity contribution in [1.82, 2.24) is 0 Å². The van der Waals surface area contributed by atoms with Crippen LogP contribution in [0.1, 0.15) is 0 Å². The molecular formula is C8H9FNO+. The number of halogens is 1. The number of nitrogens with zero attached hydrogens (tertiary/aromatic N) is 1. The molecule has 2 nitrogen and oxygen atoms in total. The van der Waals surface area contributed by atoms with Crippen molar-refractivity contribution in [3.8, 4) is 0 Å². The van der Waals surface area contributed by atoms with Crippen molar-refractivity contribution in [3.05, 3.63) is 43.0 Å². The molecule has 1 rings (SSSR count). The van der Waals surface area contributed by atoms with Crippen LogP contribution in [0.4, 0.5) is 4.39 Å². The highest BCUT2D eigenvalue weighted by Gasteiger charge is 1.98. The van der Waals surface area contributed by atoms with Crippen molar-refractivity contribution in [3.63, 3.8) is 0 Å². The van der Waals surface area contributed by atoms with Crippen LogP contribution in [-0.4, -0.2) is 6.61 Å². The smallest absolute Gasteiger partial charge is 0.225 e. The van der Waals surface area contributed by atoms with Gasteiger partial charge in [-0.3, -0.25) is 4.84 Å². The average Bonchev–Trinajstić information content (AvgIpc) is 2.04. The summed E-state index contributed by atoms with van der Waals surface area (Å²) in [4.78, 5) is 5.04. The topological polar surface area (TPSA) is 13.1 Å². The van der Waals surface area contributed by atoms with E-state index >= 15 is 0 Å². The van der Waals surface area contributed by atoms with E-state index < -0.39 is 0 Å². The first kappa shape index (κ1) is 7.72. The Kier molecular flexibility index (Phi) is 2.60. The molecule has 0 unspecified atom stereocenters. The standard InChI is InChI=1S/C8H9FNO/c1-2-7-11-10-5-3-8(9)4-6-10/h2-6H,1,7H2/q+1. The van der Waals surface area contributed by atoms with Crippen LogP contribution in [0.3, 0.4) is 0 Å². The molecule has 0 bridgehead atoms. The van der Waals surface area contributed by atoms with Crippen molar-refractivity contribution in [1.29, 1.82) is 0 Å². The second kappa shape index (κ2) is 3.71. The third-order valence-electron chi connectivity index (χ3n) is 1.10. The van der Waals surface area contributed by atoms with Crippen LogP contribution in [0.15, 0.2) is 37.2 Å². The predicted octanol–water partition coefficient (Wildman–Crippen LogP) is 0.728. The van der Waals surface area contributed by atoms with Crippen molar-refractivity contribution in [2.45, 2.75) is 0 Å². The molecule has 11 heavy (non-hydrogen) atoms. The lowest BCUT2D eigenvalue weighted by Crippen LogP contribution is -2.41. The molecule has 0 saturated carbocycles. The lowest BCUT2D eigenvalue weighted by molar-refractivity contribution is -0.889. The summed E-state index contributed by atoms with van der Waals surface area (Å²) in [5.74, 6) is -0.275. The molecule has 0 atom stereocenters. The van der Waals surface area contributed by atoms with Gasteiger partial charge in [-0.25, -0.2) is 4.39 Å². The minimum Gasteiger partial charge on any atom is -0.267 e. The Hall–Kier alpha value is -1.38. The zero-order valence-corrected chi connectivity index (χ0v) is 6.03. The summed E-state index contributed by atoms with van der Waals surface area (Å²) in [5.41, 5.74) is 0. The predicted molar refractivity (Wildman–Crippen MR) is 38.2 cm³/mol. The third-order valence-corrected chi connectivity index (χ3v) is 1.10. The first-order valence-electron chi connectivity index (χ1n) is 3.24. The number of pyridine rings is 1. The van der Waals surface area contributed by atoms with Gasteiger partial charge >= 0.3 is 0 Å². The highest BCUT2D eigenvalue weighted by molar-refractivity contribution is 4.88. The summed E-state index contributed by atoms with van der Waals surface area (Å²) in [5, 5.41) is 0. The average molecular weight is 154 g/mol. The Labute approximate surface area is 64.5 Å². The van der Waals surface area contributed by atoms with Crippen LogP contribution >= 0.6 is 0 Å². The second-order valence-corrected chi connectivity index (χ2v) is 1.96. The minimum atomic E-state index is -0.275. The van der Waals surface area contributed by atoms with E-state index in [9.17, 15) is 4.39 Å². The number of aromatic nitrogens is 1. The maximum Gasteiger partial charge on any atom is 0.225 e. The fraction of sp³-hybridized carbons (Fsp3) is 0.125. The molecule has 3 heteroatoms. The monoisotopic (exact) mass is 154 g/mol. The molecule has 0 N–H and O–H groups in total. The van der Waals surface area contributed by atoms with Gasteiger partial charge in [0.05, 0.1) is 0 Å². The molecule has 1 heterocycles. The van der Waals surface area contributed by atoms with Crippen LogP contribution < -0.4 is 9.57 Å². The quantitative estimate of drug-likeness (QED) is 0.462. The number of hydrogen-bond acceptors (Lipinski definition) is 1. The van der Waals surface area contributed by atoms with E-state index in [1.54, 1.807) is 6.08 Å². The van der Waals surface area contributed by atoms with Crippen LogP contribution in [0.5, 0.6) is 0 Å². The maximum absolute atomic E-state index is 12.3. The molecule has 0 saturated heterocycles. The van der Waals surface area contributed by atoms with Gasteiger partial charge in [0.15, 0.2) is 6.61 Å². The van der Waals surface area contributed by atoms with Gasteiger partial charge < -0.3 is 0 Å². The van der Waals surface area contributed by atoms with Gasteiger partial charge in [-0.15, -0.1) is 0 Å². The Morgan fingerprint density at radius 1 is 1.55 bits per heavy atom. The Morgan fingerprint density at radius 3 is 2.73 bits per heavy atom. The van der Waals surface area contributed by atoms with Crippen LogP contribution in [0, 0.1) is 5.82 Å². The summed E-state index contributed by atoms with van der Waals surface area (Å²) in [6.45, 7) is 3.89. The Balaban J connectivity index is 2.58. The fourth-order valence-corrected chi connectivity index (χ4v) is 0.619. The molecule has 0 aromatic carbocycles. The van der Waals surface area contributed by atoms with Gasteiger partial charge in [0.2, 0.25) is 12.4 Å². The summed E-state index contributed by atoms with van der Waals surface area (Å²) < 4.78 is 13.7. The van der Waals surface area contributed by atoms with Crippen LogP contribution in [0.2, 0.25) is 0 Å². The van der Waals surface area contributed by atoms with E-state index in [1.807, 2.05) is 0 Å². The summed E-state index contributed by atoms with van der Waals surface area (Å²) >= 11 is 0. The van der Waals surface area contributed by atoms with Gasteiger partial charge in [-0.05, 0) is 6.08 Å². The highest BCUT2D eigenvalue weighted by atomic mass is 19.1. The molecule has 1 aromatic heterocycles. The molecule has 58 valence electrons. The van der Waals surface area contributed by atoms with E-state index in [0.717, 1.165) is 0 Å². The van der Waals surface area contributed by atoms with Gasteiger partial charge in [-0.1, -0.05) is 6.58 Å². The molecular weight excluding hydrogens is 145 g/mol. The molecule has 0 aliphatic heterocycles.